The fraction of sp³-hybridized carbons (Fsp3) is 0.318. The van der Waals surface area contributed by atoms with Crippen LogP contribution in [0.15, 0.2) is 58.4 Å². The van der Waals surface area contributed by atoms with Gasteiger partial charge in [0.2, 0.25) is 5.95 Å². The molecular weight excluding hydrogens is 388 g/mol. The molecule has 0 spiro atoms. The molecule has 29 heavy (non-hydrogen) atoms. The van der Waals surface area contributed by atoms with E-state index in [1.807, 2.05) is 63.2 Å². The number of halogens is 1. The molecule has 0 saturated carbocycles. The molecule has 3 aromatic rings. The van der Waals surface area contributed by atoms with Crippen molar-refractivity contribution in [2.45, 2.75) is 39.8 Å². The number of fused-ring (bicyclic) bond motifs is 1. The number of aromatic nitrogens is 2. The van der Waals surface area contributed by atoms with E-state index in [9.17, 15) is 4.79 Å². The highest BCUT2D eigenvalue weighted by molar-refractivity contribution is 6.30. The molecule has 0 unspecified atom stereocenters. The van der Waals surface area contributed by atoms with Crippen molar-refractivity contribution in [3.8, 4) is 0 Å². The highest BCUT2D eigenvalue weighted by Crippen LogP contribution is 2.13. The van der Waals surface area contributed by atoms with E-state index in [0.717, 1.165) is 11.3 Å². The van der Waals surface area contributed by atoms with Crippen LogP contribution >= 0.6 is 11.6 Å². The van der Waals surface area contributed by atoms with Gasteiger partial charge in [-0.15, -0.1) is 0 Å². The van der Waals surface area contributed by atoms with Crippen LogP contribution in [0.25, 0.3) is 10.9 Å². The van der Waals surface area contributed by atoms with Crippen LogP contribution in [0.5, 0.6) is 0 Å². The van der Waals surface area contributed by atoms with Gasteiger partial charge in [0, 0.05) is 18.2 Å². The first-order chi connectivity index (χ1) is 14.0. The number of nitrogens with one attached hydrogen (secondary N) is 1. The number of hydrazone groups is 1. The summed E-state index contributed by atoms with van der Waals surface area (Å²) in [5.74, 6) is 0.409. The Balaban J connectivity index is 1.89. The molecule has 0 bridgehead atoms. The van der Waals surface area contributed by atoms with Crippen LogP contribution in [0.1, 0.15) is 32.8 Å². The van der Waals surface area contributed by atoms with Crippen LogP contribution < -0.4 is 11.0 Å². The monoisotopic (exact) mass is 412 g/mol. The van der Waals surface area contributed by atoms with E-state index < -0.39 is 0 Å². The fourth-order valence-corrected chi connectivity index (χ4v) is 3.02. The summed E-state index contributed by atoms with van der Waals surface area (Å²) in [6.07, 6.45) is 0.859. The fourth-order valence-electron chi connectivity index (χ4n) is 2.89. The molecule has 2 aromatic carbocycles. The van der Waals surface area contributed by atoms with Gasteiger partial charge in [-0.2, -0.15) is 5.10 Å². The van der Waals surface area contributed by atoms with E-state index in [1.165, 1.54) is 0 Å². The minimum atomic E-state index is -0.0954. The molecule has 0 saturated heterocycles. The average Bonchev–Trinajstić information content (AvgIpc) is 2.71. The van der Waals surface area contributed by atoms with Crippen LogP contribution in [0.2, 0.25) is 5.02 Å². The van der Waals surface area contributed by atoms with E-state index in [-0.39, 0.29) is 11.7 Å². The maximum Gasteiger partial charge on any atom is 0.262 e. The first kappa shape index (κ1) is 21.0. The van der Waals surface area contributed by atoms with Crippen molar-refractivity contribution >= 4 is 34.2 Å². The molecule has 1 N–H and O–H groups in total. The van der Waals surface area contributed by atoms with Gasteiger partial charge in [0.15, 0.2) is 0 Å². The zero-order valence-electron chi connectivity index (χ0n) is 16.9. The van der Waals surface area contributed by atoms with Gasteiger partial charge in [-0.25, -0.2) is 10.4 Å². The summed E-state index contributed by atoms with van der Waals surface area (Å²) >= 11 is 5.95. The second-order valence-electron chi connectivity index (χ2n) is 7.00. The van der Waals surface area contributed by atoms with Crippen LogP contribution in [0.3, 0.4) is 0 Å². The summed E-state index contributed by atoms with van der Waals surface area (Å²) in [5.41, 5.74) is 5.21. The summed E-state index contributed by atoms with van der Waals surface area (Å²) in [6, 6.07) is 14.7. The number of rotatable bonds is 8. The molecule has 0 radical (unpaired) electrons. The Kier molecular flexibility index (Phi) is 7.01. The summed E-state index contributed by atoms with van der Waals surface area (Å²) in [4.78, 5) is 17.6. The number of ether oxygens (including phenoxy) is 1. The van der Waals surface area contributed by atoms with E-state index in [4.69, 9.17) is 16.3 Å². The maximum absolute atomic E-state index is 13.0. The zero-order valence-corrected chi connectivity index (χ0v) is 17.6. The van der Waals surface area contributed by atoms with Crippen molar-refractivity contribution in [1.82, 2.24) is 9.55 Å². The lowest BCUT2D eigenvalue weighted by molar-refractivity contribution is 0.0748. The van der Waals surface area contributed by atoms with Crippen molar-refractivity contribution in [1.29, 1.82) is 0 Å². The quantitative estimate of drug-likeness (QED) is 0.330. The van der Waals surface area contributed by atoms with Gasteiger partial charge in [-0.3, -0.25) is 9.36 Å². The van der Waals surface area contributed by atoms with Gasteiger partial charge in [-0.1, -0.05) is 35.9 Å². The normalized spacial score (nSPS) is 12.0. The molecule has 7 heteroatoms. The predicted octanol–water partition coefficient (Wildman–Crippen LogP) is 4.70. The third-order valence-electron chi connectivity index (χ3n) is 4.42. The Morgan fingerprint density at radius 3 is 2.66 bits per heavy atom. The Morgan fingerprint density at radius 2 is 1.93 bits per heavy atom. The average molecular weight is 413 g/mol. The third-order valence-corrected chi connectivity index (χ3v) is 4.68. The van der Waals surface area contributed by atoms with Gasteiger partial charge in [0.05, 0.1) is 22.7 Å². The summed E-state index contributed by atoms with van der Waals surface area (Å²) < 4.78 is 7.22. The molecular formula is C22H25ClN4O2. The minimum Gasteiger partial charge on any atom is -0.379 e. The summed E-state index contributed by atoms with van der Waals surface area (Å²) in [7, 11) is 0. The number of benzene rings is 2. The van der Waals surface area contributed by atoms with E-state index in [2.05, 4.69) is 15.5 Å². The Bertz CT molecular complexity index is 1060. The number of anilines is 1. The lowest BCUT2D eigenvalue weighted by atomic mass is 10.1. The molecule has 1 aromatic heterocycles. The van der Waals surface area contributed by atoms with Crippen LogP contribution in [-0.2, 0) is 11.3 Å². The number of hydrogen-bond donors (Lipinski definition) is 1. The van der Waals surface area contributed by atoms with Gasteiger partial charge >= 0.3 is 0 Å². The maximum atomic E-state index is 13.0. The highest BCUT2D eigenvalue weighted by Gasteiger charge is 2.11. The molecule has 152 valence electrons. The van der Waals surface area contributed by atoms with Crippen LogP contribution in [0.4, 0.5) is 5.95 Å². The molecule has 0 aliphatic heterocycles. The van der Waals surface area contributed by atoms with Gasteiger partial charge in [-0.05, 0) is 57.0 Å². The van der Waals surface area contributed by atoms with Gasteiger partial charge in [0.25, 0.3) is 5.56 Å². The molecule has 6 nitrogen and oxygen atoms in total. The predicted molar refractivity (Wildman–Crippen MR) is 119 cm³/mol. The lowest BCUT2D eigenvalue weighted by Gasteiger charge is -2.14. The first-order valence-corrected chi connectivity index (χ1v) is 10.0. The number of para-hydroxylation sites is 1. The summed E-state index contributed by atoms with van der Waals surface area (Å²) in [6.45, 7) is 6.93. The molecule has 0 aliphatic carbocycles. The zero-order chi connectivity index (χ0) is 20.8. The molecule has 0 amide bonds. The number of nitrogens with zero attached hydrogens (tertiary/aromatic N) is 3. The molecule has 3 rings (SSSR count). The SMILES string of the molecule is C/C(=N/Nc1nc2ccccc2c(=O)n1CCCOC(C)C)c1ccc(Cl)cc1. The standard InChI is InChI=1S/C22H25ClN4O2/c1-15(2)29-14-6-13-27-21(28)19-7-4-5-8-20(19)24-22(27)26-25-16(3)17-9-11-18(23)12-10-17/h4-5,7-12,15H,6,13-14H2,1-3H3,(H,24,26)/b25-16-. The Morgan fingerprint density at radius 1 is 1.21 bits per heavy atom. The lowest BCUT2D eigenvalue weighted by Crippen LogP contribution is -2.25. The van der Waals surface area contributed by atoms with Gasteiger partial charge < -0.3 is 4.74 Å². The van der Waals surface area contributed by atoms with Crippen molar-refractivity contribution in [2.75, 3.05) is 12.0 Å². The van der Waals surface area contributed by atoms with E-state index in [0.29, 0.717) is 41.4 Å². The van der Waals surface area contributed by atoms with Crippen LogP contribution in [-0.4, -0.2) is 28.0 Å². The summed E-state index contributed by atoms with van der Waals surface area (Å²) in [5, 5.41) is 5.68. The van der Waals surface area contributed by atoms with Crippen molar-refractivity contribution in [3.05, 3.63) is 69.5 Å². The highest BCUT2D eigenvalue weighted by atomic mass is 35.5. The molecule has 0 fully saturated rings. The first-order valence-electron chi connectivity index (χ1n) is 9.63. The second kappa shape index (κ2) is 9.67. The van der Waals surface area contributed by atoms with E-state index in [1.54, 1.807) is 10.6 Å². The Hall–Kier alpha value is -2.70. The Labute approximate surface area is 175 Å². The number of hydrogen-bond acceptors (Lipinski definition) is 5. The minimum absolute atomic E-state index is 0.0954. The van der Waals surface area contributed by atoms with Crippen molar-refractivity contribution < 1.29 is 4.74 Å². The molecule has 0 atom stereocenters. The third kappa shape index (κ3) is 5.43. The van der Waals surface area contributed by atoms with Crippen LogP contribution in [0, 0.1) is 0 Å². The topological polar surface area (TPSA) is 68.5 Å². The van der Waals surface area contributed by atoms with Crippen molar-refractivity contribution in [2.24, 2.45) is 5.10 Å². The van der Waals surface area contributed by atoms with E-state index >= 15 is 0 Å². The van der Waals surface area contributed by atoms with Gasteiger partial charge in [0.1, 0.15) is 0 Å². The van der Waals surface area contributed by atoms with Crippen molar-refractivity contribution in [3.63, 3.8) is 0 Å². The molecule has 1 heterocycles. The molecule has 0 aliphatic rings. The largest absolute Gasteiger partial charge is 0.379 e. The second-order valence-corrected chi connectivity index (χ2v) is 7.43. The smallest absolute Gasteiger partial charge is 0.262 e.